The van der Waals surface area contributed by atoms with E-state index in [1.54, 1.807) is 0 Å². The molecule has 0 fully saturated rings. The van der Waals surface area contributed by atoms with E-state index in [1.807, 2.05) is 0 Å². The minimum Gasteiger partial charge on any atom is -0.412 e. The standard InChI is InChI=1S/CH3.7H2O.2Zr/h1H3;7*1H2;;/q-1;;;;;;;;;. The molecule has 0 aliphatic carbocycles. The van der Waals surface area contributed by atoms with Gasteiger partial charge in [0, 0.05) is 52.4 Å². The fourth-order valence-electron chi connectivity index (χ4n) is 0. The zero-order chi connectivity index (χ0) is 0. The molecule has 0 amide bonds. The van der Waals surface area contributed by atoms with E-state index in [4.69, 9.17) is 0 Å². The van der Waals surface area contributed by atoms with Gasteiger partial charge in [-0.2, -0.15) is 0 Å². The van der Waals surface area contributed by atoms with Crippen LogP contribution in [0.2, 0.25) is 0 Å². The molecule has 0 aromatic heterocycles. The quantitative estimate of drug-likeness (QED) is 0.381. The third-order valence-electron chi connectivity index (χ3n) is 0. The van der Waals surface area contributed by atoms with E-state index >= 15 is 0 Å². The van der Waals surface area contributed by atoms with Gasteiger partial charge in [-0.1, -0.05) is 0 Å². The third-order valence-corrected chi connectivity index (χ3v) is 0. The van der Waals surface area contributed by atoms with Crippen molar-refractivity contribution < 1.29 is 90.7 Å². The maximum absolute atomic E-state index is 0. The molecule has 0 aliphatic rings. The van der Waals surface area contributed by atoms with Gasteiger partial charge < -0.3 is 45.8 Å². The van der Waals surface area contributed by atoms with Gasteiger partial charge in [-0.3, -0.25) is 0 Å². The second-order valence-electron chi connectivity index (χ2n) is 0. The van der Waals surface area contributed by atoms with Crippen LogP contribution in [0.3, 0.4) is 0 Å². The number of rotatable bonds is 0. The van der Waals surface area contributed by atoms with Crippen molar-refractivity contribution in [1.29, 1.82) is 0 Å². The van der Waals surface area contributed by atoms with E-state index in [1.165, 1.54) is 0 Å². The molecule has 0 heterocycles. The van der Waals surface area contributed by atoms with E-state index in [0.29, 0.717) is 0 Å². The summed E-state index contributed by atoms with van der Waals surface area (Å²) in [6, 6.07) is 0. The SMILES string of the molecule is O.O.O.O.O.O.O.[CH3-].[Zr].[Zr]. The van der Waals surface area contributed by atoms with Gasteiger partial charge in [-0.05, 0) is 0 Å². The molecule has 0 aromatic carbocycles. The van der Waals surface area contributed by atoms with Crippen LogP contribution in [0.15, 0.2) is 0 Å². The van der Waals surface area contributed by atoms with Gasteiger partial charge in [0.1, 0.15) is 0 Å². The first-order chi connectivity index (χ1) is 0. The van der Waals surface area contributed by atoms with Crippen LogP contribution >= 0.6 is 0 Å². The van der Waals surface area contributed by atoms with Gasteiger partial charge in [0.25, 0.3) is 0 Å². The van der Waals surface area contributed by atoms with Crippen molar-refractivity contribution in [3.05, 3.63) is 7.43 Å². The van der Waals surface area contributed by atoms with Gasteiger partial charge in [0.05, 0.1) is 0 Å². The minimum absolute atomic E-state index is 0. The van der Waals surface area contributed by atoms with Crippen LogP contribution in [0.5, 0.6) is 0 Å². The van der Waals surface area contributed by atoms with Gasteiger partial charge in [-0.25, -0.2) is 0 Å². The fraction of sp³-hybridized carbons (Fsp3) is 0. The van der Waals surface area contributed by atoms with Crippen LogP contribution < -0.4 is 0 Å². The van der Waals surface area contributed by atoms with Crippen molar-refractivity contribution in [2.75, 3.05) is 0 Å². The van der Waals surface area contributed by atoms with Crippen molar-refractivity contribution in [3.63, 3.8) is 0 Å². The zero-order valence-corrected chi connectivity index (χ0v) is 10.4. The Bertz CT molecular complexity index is 11.6. The summed E-state index contributed by atoms with van der Waals surface area (Å²) in [7, 11) is 0. The smallest absolute Gasteiger partial charge is 0 e. The van der Waals surface area contributed by atoms with E-state index in [-0.39, 0.29) is 98.2 Å². The summed E-state index contributed by atoms with van der Waals surface area (Å²) in [4.78, 5) is 0. The molecule has 0 saturated carbocycles. The van der Waals surface area contributed by atoms with Crippen molar-refractivity contribution >= 4 is 0 Å². The van der Waals surface area contributed by atoms with Crippen molar-refractivity contribution in [1.82, 2.24) is 0 Å². The Morgan fingerprint density at radius 1 is 0.300 bits per heavy atom. The molecule has 0 unspecified atom stereocenters. The molecule has 0 aromatic rings. The predicted octanol–water partition coefficient (Wildman–Crippen LogP) is -5.33. The average Bonchev–Trinajstić information content (AvgIpc) is 0. The van der Waals surface area contributed by atoms with Crippen LogP contribution in [-0.4, -0.2) is 38.3 Å². The molecule has 0 saturated heterocycles. The molecule has 0 spiro atoms. The van der Waals surface area contributed by atoms with Gasteiger partial charge in [0.15, 0.2) is 0 Å². The monoisotopic (exact) mass is 321 g/mol. The first-order valence-corrected chi connectivity index (χ1v) is 0. The molecule has 9 heteroatoms. The zero-order valence-electron chi connectivity index (χ0n) is 5.50. The first kappa shape index (κ1) is 572. The Morgan fingerprint density at radius 2 is 0.300 bits per heavy atom. The molecule has 7 nitrogen and oxygen atoms in total. The summed E-state index contributed by atoms with van der Waals surface area (Å²) >= 11 is 0. The molecule has 0 bridgehead atoms. The normalized spacial score (nSPS) is 0. The molecule has 10 heavy (non-hydrogen) atoms. The molecule has 0 radical (unpaired) electrons. The minimum atomic E-state index is 0. The summed E-state index contributed by atoms with van der Waals surface area (Å²) in [6.07, 6.45) is 0. The first-order valence-electron chi connectivity index (χ1n) is 0. The van der Waals surface area contributed by atoms with E-state index in [9.17, 15) is 0 Å². The summed E-state index contributed by atoms with van der Waals surface area (Å²) in [5.41, 5.74) is 0. The maximum Gasteiger partial charge on any atom is 0 e. The molecule has 0 rings (SSSR count). The van der Waals surface area contributed by atoms with Gasteiger partial charge >= 0.3 is 0 Å². The van der Waals surface area contributed by atoms with E-state index in [0.717, 1.165) is 0 Å². The number of hydrogen-bond donors (Lipinski definition) is 0. The van der Waals surface area contributed by atoms with Crippen LogP contribution in [0.25, 0.3) is 0 Å². The molecule has 14 N–H and O–H groups in total. The molecule has 0 atom stereocenters. The van der Waals surface area contributed by atoms with Crippen LogP contribution in [0, 0.1) is 7.43 Å². The molecular weight excluding hydrogens is 306 g/mol. The van der Waals surface area contributed by atoms with Gasteiger partial charge in [-0.15, -0.1) is 0 Å². The largest absolute Gasteiger partial charge is 0.412 e. The van der Waals surface area contributed by atoms with Crippen LogP contribution in [-0.2, 0) is 52.4 Å². The summed E-state index contributed by atoms with van der Waals surface area (Å²) in [5.74, 6) is 0. The van der Waals surface area contributed by atoms with Crippen LogP contribution in [0.1, 0.15) is 0 Å². The van der Waals surface area contributed by atoms with Crippen molar-refractivity contribution in [3.8, 4) is 0 Å². The Balaban J connectivity index is 0. The maximum atomic E-state index is 0. The molecular formula is CH17O7Zr2-. The van der Waals surface area contributed by atoms with Crippen molar-refractivity contribution in [2.45, 2.75) is 0 Å². The molecule has 72 valence electrons. The molecule has 0 aliphatic heterocycles. The van der Waals surface area contributed by atoms with E-state index in [2.05, 4.69) is 0 Å². The predicted molar refractivity (Wildman–Crippen MR) is 31.7 cm³/mol. The Labute approximate surface area is 97.6 Å². The Morgan fingerprint density at radius 3 is 0.300 bits per heavy atom. The summed E-state index contributed by atoms with van der Waals surface area (Å²) < 4.78 is 0. The Hall–Kier alpha value is 1.49. The summed E-state index contributed by atoms with van der Waals surface area (Å²) in [6.45, 7) is 0. The average molecular weight is 324 g/mol. The third kappa shape index (κ3) is 309. The van der Waals surface area contributed by atoms with Gasteiger partial charge in [0.2, 0.25) is 0 Å². The van der Waals surface area contributed by atoms with E-state index < -0.39 is 0 Å². The second kappa shape index (κ2) is 427. The van der Waals surface area contributed by atoms with Crippen molar-refractivity contribution in [2.24, 2.45) is 0 Å². The summed E-state index contributed by atoms with van der Waals surface area (Å²) in [5, 5.41) is 0. The fourth-order valence-corrected chi connectivity index (χ4v) is 0. The Kier molecular flexibility index (Phi) is 24400. The second-order valence-corrected chi connectivity index (χ2v) is 0. The topological polar surface area (TPSA) is 220 Å². The number of hydrogen-bond acceptors (Lipinski definition) is 0. The van der Waals surface area contributed by atoms with Crippen LogP contribution in [0.4, 0.5) is 0 Å².